The zero-order chi connectivity index (χ0) is 12.1. The lowest BCUT2D eigenvalue weighted by Crippen LogP contribution is -2.35. The van der Waals surface area contributed by atoms with Gasteiger partial charge in [0, 0.05) is 32.4 Å². The molecule has 0 amide bonds. The van der Waals surface area contributed by atoms with Gasteiger partial charge in [-0.25, -0.2) is 0 Å². The Bertz CT molecular complexity index is 294. The minimum absolute atomic E-state index is 0.576. The van der Waals surface area contributed by atoms with E-state index in [-0.39, 0.29) is 0 Å². The minimum atomic E-state index is 0.576. The standard InChI is InChI=1S/C11H21ClN4/c1-9(13)10(12)11(14-2)16-6-4-5-15(3)7-8-16/h4-8,13H2,1-3H3. The Morgan fingerprint density at radius 1 is 1.25 bits per heavy atom. The molecule has 1 rings (SSSR count). The van der Waals surface area contributed by atoms with Crippen molar-refractivity contribution >= 4 is 17.4 Å². The van der Waals surface area contributed by atoms with E-state index >= 15 is 0 Å². The van der Waals surface area contributed by atoms with Crippen molar-refractivity contribution in [1.82, 2.24) is 9.80 Å². The van der Waals surface area contributed by atoms with Crippen LogP contribution in [0.4, 0.5) is 0 Å². The first-order chi connectivity index (χ1) is 7.56. The average molecular weight is 245 g/mol. The molecule has 1 saturated heterocycles. The summed E-state index contributed by atoms with van der Waals surface area (Å²) in [7, 11) is 3.90. The highest BCUT2D eigenvalue weighted by molar-refractivity contribution is 6.43. The molecule has 0 bridgehead atoms. The predicted molar refractivity (Wildman–Crippen MR) is 69.8 cm³/mol. The van der Waals surface area contributed by atoms with Crippen LogP contribution in [0.25, 0.3) is 0 Å². The van der Waals surface area contributed by atoms with E-state index in [0.717, 1.165) is 38.4 Å². The molecule has 0 atom stereocenters. The summed E-state index contributed by atoms with van der Waals surface area (Å²) in [5.74, 6) is 0.817. The van der Waals surface area contributed by atoms with Crippen molar-refractivity contribution < 1.29 is 0 Å². The van der Waals surface area contributed by atoms with Crippen LogP contribution in [0.3, 0.4) is 0 Å². The van der Waals surface area contributed by atoms with Gasteiger partial charge in [-0.05, 0) is 26.9 Å². The molecular formula is C11H21ClN4. The zero-order valence-corrected chi connectivity index (χ0v) is 11.1. The lowest BCUT2D eigenvalue weighted by atomic mass is 10.3. The molecule has 0 radical (unpaired) electrons. The van der Waals surface area contributed by atoms with Gasteiger partial charge in [-0.1, -0.05) is 11.6 Å². The third-order valence-electron chi connectivity index (χ3n) is 2.77. The number of allylic oxidation sites excluding steroid dienone is 1. The van der Waals surface area contributed by atoms with Crippen LogP contribution >= 0.6 is 11.6 Å². The van der Waals surface area contributed by atoms with Gasteiger partial charge in [-0.15, -0.1) is 0 Å². The molecule has 4 nitrogen and oxygen atoms in total. The van der Waals surface area contributed by atoms with E-state index in [1.165, 1.54) is 0 Å². The van der Waals surface area contributed by atoms with E-state index in [0.29, 0.717) is 10.7 Å². The highest BCUT2D eigenvalue weighted by atomic mass is 35.5. The molecule has 16 heavy (non-hydrogen) atoms. The topological polar surface area (TPSA) is 44.9 Å². The third-order valence-corrected chi connectivity index (χ3v) is 3.24. The maximum Gasteiger partial charge on any atom is 0.144 e. The Balaban J connectivity index is 2.78. The van der Waals surface area contributed by atoms with Crippen molar-refractivity contribution in [2.24, 2.45) is 10.7 Å². The Morgan fingerprint density at radius 3 is 2.50 bits per heavy atom. The lowest BCUT2D eigenvalue weighted by molar-refractivity contribution is 0.346. The molecule has 1 aliphatic heterocycles. The second kappa shape index (κ2) is 6.11. The van der Waals surface area contributed by atoms with Crippen molar-refractivity contribution in [1.29, 1.82) is 0 Å². The van der Waals surface area contributed by atoms with Gasteiger partial charge in [-0.3, -0.25) is 4.99 Å². The van der Waals surface area contributed by atoms with E-state index < -0.39 is 0 Å². The summed E-state index contributed by atoms with van der Waals surface area (Å²) in [5.41, 5.74) is 6.34. The van der Waals surface area contributed by atoms with Crippen molar-refractivity contribution in [3.8, 4) is 0 Å². The van der Waals surface area contributed by atoms with Crippen LogP contribution in [0, 0.1) is 0 Å². The Morgan fingerprint density at radius 2 is 1.94 bits per heavy atom. The first-order valence-corrected chi connectivity index (χ1v) is 5.96. The molecule has 1 fully saturated rings. The Hall–Kier alpha value is -0.740. The van der Waals surface area contributed by atoms with Crippen LogP contribution in [0.1, 0.15) is 13.3 Å². The first-order valence-electron chi connectivity index (χ1n) is 5.58. The molecule has 92 valence electrons. The Labute approximate surface area is 103 Å². The fourth-order valence-corrected chi connectivity index (χ4v) is 2.02. The number of nitrogens with two attached hydrogens (primary N) is 1. The van der Waals surface area contributed by atoms with Gasteiger partial charge in [0.2, 0.25) is 0 Å². The lowest BCUT2D eigenvalue weighted by Gasteiger charge is -2.24. The Kier molecular flexibility index (Phi) is 5.09. The molecule has 0 aromatic rings. The van der Waals surface area contributed by atoms with Crippen LogP contribution in [0.2, 0.25) is 0 Å². The second-order valence-electron chi connectivity index (χ2n) is 4.19. The summed E-state index contributed by atoms with van der Waals surface area (Å²) < 4.78 is 0. The number of halogens is 1. The molecule has 5 heteroatoms. The molecule has 0 saturated carbocycles. The van der Waals surface area contributed by atoms with Crippen LogP contribution < -0.4 is 5.73 Å². The van der Waals surface area contributed by atoms with E-state index in [1.54, 1.807) is 14.0 Å². The smallest absolute Gasteiger partial charge is 0.144 e. The maximum absolute atomic E-state index is 6.17. The summed E-state index contributed by atoms with van der Waals surface area (Å²) >= 11 is 6.17. The second-order valence-corrected chi connectivity index (χ2v) is 4.57. The number of nitrogens with zero attached hydrogens (tertiary/aromatic N) is 3. The van der Waals surface area contributed by atoms with Gasteiger partial charge < -0.3 is 15.5 Å². The highest BCUT2D eigenvalue weighted by Gasteiger charge is 2.18. The molecule has 1 aliphatic rings. The molecule has 0 aromatic heterocycles. The SMILES string of the molecule is CN=C(C(Cl)=C(C)N)N1CCCN(C)CC1. The van der Waals surface area contributed by atoms with E-state index in [2.05, 4.69) is 21.8 Å². The van der Waals surface area contributed by atoms with Crippen molar-refractivity contribution in [3.05, 3.63) is 10.7 Å². The summed E-state index contributed by atoms with van der Waals surface area (Å²) in [6.07, 6.45) is 1.13. The monoisotopic (exact) mass is 244 g/mol. The number of hydrogen-bond donors (Lipinski definition) is 1. The quantitative estimate of drug-likeness (QED) is 0.555. The summed E-state index contributed by atoms with van der Waals surface area (Å²) in [5, 5.41) is 0.576. The number of rotatable bonds is 1. The molecule has 2 N–H and O–H groups in total. The summed E-state index contributed by atoms with van der Waals surface area (Å²) in [6.45, 7) is 5.90. The van der Waals surface area contributed by atoms with Gasteiger partial charge in [0.05, 0.1) is 0 Å². The zero-order valence-electron chi connectivity index (χ0n) is 10.3. The molecule has 0 aliphatic carbocycles. The normalized spacial score (nSPS) is 21.8. The van der Waals surface area contributed by atoms with Crippen LogP contribution in [0.5, 0.6) is 0 Å². The fraction of sp³-hybridized carbons (Fsp3) is 0.727. The number of likely N-dealkylation sites (N-methyl/N-ethyl adjacent to an activating group) is 1. The molecule has 0 unspecified atom stereocenters. The summed E-state index contributed by atoms with van der Waals surface area (Å²) in [6, 6.07) is 0. The van der Waals surface area contributed by atoms with E-state index in [1.807, 2.05) is 0 Å². The van der Waals surface area contributed by atoms with Crippen LogP contribution in [-0.4, -0.2) is 55.9 Å². The van der Waals surface area contributed by atoms with Crippen molar-refractivity contribution in [3.63, 3.8) is 0 Å². The van der Waals surface area contributed by atoms with Gasteiger partial charge in [0.1, 0.15) is 10.9 Å². The van der Waals surface area contributed by atoms with Gasteiger partial charge in [0.15, 0.2) is 0 Å². The average Bonchev–Trinajstić information content (AvgIpc) is 2.45. The first kappa shape index (κ1) is 13.3. The highest BCUT2D eigenvalue weighted by Crippen LogP contribution is 2.13. The predicted octanol–water partition coefficient (Wildman–Crippen LogP) is 1.08. The molecular weight excluding hydrogens is 224 g/mol. The minimum Gasteiger partial charge on any atom is -0.401 e. The van der Waals surface area contributed by atoms with Crippen molar-refractivity contribution in [2.45, 2.75) is 13.3 Å². The molecule has 0 spiro atoms. The number of hydrogen-bond acceptors (Lipinski definition) is 3. The molecule has 1 heterocycles. The molecule has 0 aromatic carbocycles. The van der Waals surface area contributed by atoms with E-state index in [4.69, 9.17) is 17.3 Å². The van der Waals surface area contributed by atoms with Gasteiger partial charge in [-0.2, -0.15) is 0 Å². The van der Waals surface area contributed by atoms with E-state index in [9.17, 15) is 0 Å². The number of amidine groups is 1. The third kappa shape index (κ3) is 3.39. The van der Waals surface area contributed by atoms with Crippen molar-refractivity contribution in [2.75, 3.05) is 40.3 Å². The van der Waals surface area contributed by atoms with Gasteiger partial charge in [0.25, 0.3) is 0 Å². The summed E-state index contributed by atoms with van der Waals surface area (Å²) in [4.78, 5) is 8.78. The van der Waals surface area contributed by atoms with Crippen LogP contribution in [-0.2, 0) is 0 Å². The maximum atomic E-state index is 6.17. The van der Waals surface area contributed by atoms with Gasteiger partial charge >= 0.3 is 0 Å². The fourth-order valence-electron chi connectivity index (χ4n) is 1.81. The largest absolute Gasteiger partial charge is 0.401 e. The van der Waals surface area contributed by atoms with Crippen LogP contribution in [0.15, 0.2) is 15.7 Å². The number of aliphatic imine (C=N–C) groups is 1.